The molecule has 0 saturated heterocycles. The van der Waals surface area contributed by atoms with E-state index in [1.807, 2.05) is 0 Å². The molecule has 2 unspecified atom stereocenters. The first-order valence-electron chi connectivity index (χ1n) is 9.12. The molecule has 0 aromatic rings. The zero-order valence-electron chi connectivity index (χ0n) is 15.7. The number of hydrogen-bond donors (Lipinski definition) is 2. The Hall–Kier alpha value is 0.559. The van der Waals surface area contributed by atoms with Crippen molar-refractivity contribution in [1.29, 1.82) is 0 Å². The van der Waals surface area contributed by atoms with Gasteiger partial charge < -0.3 is 0 Å². The van der Waals surface area contributed by atoms with Gasteiger partial charge in [-0.05, 0) is 12.8 Å². The van der Waals surface area contributed by atoms with Crippen molar-refractivity contribution >= 4 is 16.5 Å². The Bertz CT molecular complexity index is 268. The second-order valence-electron chi connectivity index (χ2n) is 5.68. The molecule has 0 aliphatic carbocycles. The molecule has 0 aromatic heterocycles. The molecular formula is C16H36FeO6P2+4. The summed E-state index contributed by atoms with van der Waals surface area (Å²) in [5.41, 5.74) is 0. The largest absolute Gasteiger partial charge is 2.00 e. The van der Waals surface area contributed by atoms with Crippen LogP contribution in [0, 0.1) is 0 Å². The van der Waals surface area contributed by atoms with Crippen molar-refractivity contribution in [1.82, 2.24) is 0 Å². The van der Waals surface area contributed by atoms with Crippen LogP contribution >= 0.6 is 16.5 Å². The molecule has 0 rings (SSSR count). The maximum Gasteiger partial charge on any atom is 2.00 e. The van der Waals surface area contributed by atoms with Gasteiger partial charge in [-0.2, -0.15) is 0 Å². The minimum absolute atomic E-state index is 0. The summed E-state index contributed by atoms with van der Waals surface area (Å²) in [4.78, 5) is 16.6. The van der Waals surface area contributed by atoms with Crippen molar-refractivity contribution < 1.29 is 45.0 Å². The molecule has 0 aliphatic rings. The number of unbranched alkanes of at least 4 members (excludes halogenated alkanes) is 10. The van der Waals surface area contributed by atoms with Gasteiger partial charge in [0.2, 0.25) is 0 Å². The molecule has 2 N–H and O–H groups in total. The van der Waals surface area contributed by atoms with Gasteiger partial charge in [-0.1, -0.05) is 78.1 Å². The molecule has 0 aromatic carbocycles. The van der Waals surface area contributed by atoms with Gasteiger partial charge in [0.25, 0.3) is 0 Å². The Morgan fingerprint density at radius 2 is 0.880 bits per heavy atom. The summed E-state index contributed by atoms with van der Waals surface area (Å²) in [5, 5.41) is 0. The summed E-state index contributed by atoms with van der Waals surface area (Å²) in [6, 6.07) is 0. The van der Waals surface area contributed by atoms with Crippen LogP contribution in [0.2, 0.25) is 0 Å². The van der Waals surface area contributed by atoms with Crippen molar-refractivity contribution in [3.63, 3.8) is 0 Å². The topological polar surface area (TPSA) is 93.1 Å². The summed E-state index contributed by atoms with van der Waals surface area (Å²) in [6.45, 7) is 5.19. The Balaban J connectivity index is -0.000000372. The van der Waals surface area contributed by atoms with Crippen molar-refractivity contribution in [2.45, 2.75) is 90.9 Å². The van der Waals surface area contributed by atoms with Gasteiger partial charge in [0.05, 0.1) is 0 Å². The van der Waals surface area contributed by atoms with Gasteiger partial charge in [-0.3, -0.25) is 0 Å². The summed E-state index contributed by atoms with van der Waals surface area (Å²) in [7, 11) is -4.76. The van der Waals surface area contributed by atoms with E-state index in [-0.39, 0.29) is 17.1 Å². The maximum atomic E-state index is 10.1. The Morgan fingerprint density at radius 3 is 1.16 bits per heavy atom. The summed E-state index contributed by atoms with van der Waals surface area (Å²) >= 11 is 0. The Morgan fingerprint density at radius 1 is 0.600 bits per heavy atom. The van der Waals surface area contributed by atoms with Crippen LogP contribution in [0.3, 0.4) is 0 Å². The molecule has 0 spiro atoms. The average molecular weight is 442 g/mol. The Labute approximate surface area is 165 Å². The normalized spacial score (nSPS) is 11.2. The van der Waals surface area contributed by atoms with Gasteiger partial charge in [-0.25, -0.2) is 0 Å². The fourth-order valence-electron chi connectivity index (χ4n) is 2.05. The van der Waals surface area contributed by atoms with Gasteiger partial charge in [0.1, 0.15) is 13.2 Å². The van der Waals surface area contributed by atoms with Crippen molar-refractivity contribution in [3.8, 4) is 0 Å². The van der Waals surface area contributed by atoms with Crippen LogP contribution in [0.15, 0.2) is 0 Å². The van der Waals surface area contributed by atoms with Crippen LogP contribution < -0.4 is 0 Å². The molecule has 25 heavy (non-hydrogen) atoms. The molecule has 0 radical (unpaired) electrons. The summed E-state index contributed by atoms with van der Waals surface area (Å²) in [6.07, 6.45) is 14.0. The monoisotopic (exact) mass is 442 g/mol. The first-order valence-corrected chi connectivity index (χ1v) is 11.4. The summed E-state index contributed by atoms with van der Waals surface area (Å²) < 4.78 is 29.1. The minimum atomic E-state index is -2.38. The van der Waals surface area contributed by atoms with Crippen molar-refractivity contribution in [3.05, 3.63) is 0 Å². The quantitative estimate of drug-likeness (QED) is 0.172. The fourth-order valence-corrected chi connectivity index (χ4v) is 2.62. The van der Waals surface area contributed by atoms with E-state index >= 15 is 0 Å². The first kappa shape index (κ1) is 30.3. The van der Waals surface area contributed by atoms with E-state index in [1.165, 1.54) is 51.4 Å². The van der Waals surface area contributed by atoms with Crippen LogP contribution in [0.1, 0.15) is 90.9 Å². The van der Waals surface area contributed by atoms with E-state index in [4.69, 9.17) is 9.79 Å². The predicted octanol–water partition coefficient (Wildman–Crippen LogP) is 6.02. The van der Waals surface area contributed by atoms with Crippen LogP contribution in [0.4, 0.5) is 0 Å². The zero-order valence-corrected chi connectivity index (χ0v) is 18.6. The second kappa shape index (κ2) is 26.8. The molecule has 0 aliphatic heterocycles. The van der Waals surface area contributed by atoms with Crippen LogP contribution in [0.25, 0.3) is 0 Å². The van der Waals surface area contributed by atoms with E-state index in [2.05, 4.69) is 22.9 Å². The fraction of sp³-hybridized carbons (Fsp3) is 1.00. The smallest absolute Gasteiger partial charge is 0.133 e. The molecule has 6 nitrogen and oxygen atoms in total. The van der Waals surface area contributed by atoms with E-state index in [1.54, 1.807) is 0 Å². The average Bonchev–Trinajstić information content (AvgIpc) is 2.53. The van der Waals surface area contributed by atoms with E-state index in [9.17, 15) is 9.13 Å². The molecule has 0 bridgehead atoms. The molecule has 0 saturated carbocycles. The van der Waals surface area contributed by atoms with Gasteiger partial charge >= 0.3 is 33.6 Å². The molecule has 9 heteroatoms. The molecule has 2 atom stereocenters. The number of hydrogen-bond acceptors (Lipinski definition) is 4. The minimum Gasteiger partial charge on any atom is -0.133 e. The molecule has 150 valence electrons. The van der Waals surface area contributed by atoms with Gasteiger partial charge in [0, 0.05) is 9.13 Å². The first-order chi connectivity index (χ1) is 11.5. The van der Waals surface area contributed by atoms with Crippen molar-refractivity contribution in [2.24, 2.45) is 0 Å². The van der Waals surface area contributed by atoms with Crippen LogP contribution in [-0.4, -0.2) is 23.0 Å². The zero-order chi connectivity index (χ0) is 18.5. The van der Waals surface area contributed by atoms with E-state index in [0.717, 1.165) is 25.7 Å². The SMILES string of the molecule is CCCCCCCCO[P+](=O)O.CCCCCCCCO[P+](=O)O.[Fe+2]. The number of rotatable bonds is 16. The maximum absolute atomic E-state index is 10.1. The standard InChI is InChI=1S/2C8H17O3P.Fe/c2*1-2-3-4-5-6-7-8-11-12(9)10;/h2*2-8H2,1H3;/q;;+2/p+2. The van der Waals surface area contributed by atoms with Crippen molar-refractivity contribution in [2.75, 3.05) is 13.2 Å². The second-order valence-corrected chi connectivity index (χ2v) is 7.15. The molecule has 0 amide bonds. The molecular weight excluding hydrogens is 406 g/mol. The van der Waals surface area contributed by atoms with Gasteiger partial charge in [0.15, 0.2) is 0 Å². The third-order valence-electron chi connectivity index (χ3n) is 3.40. The molecule has 0 fully saturated rings. The molecule has 0 heterocycles. The van der Waals surface area contributed by atoms with Gasteiger partial charge in [-0.15, -0.1) is 18.8 Å². The van der Waals surface area contributed by atoms with E-state index in [0.29, 0.717) is 13.2 Å². The van der Waals surface area contributed by atoms with Crippen LogP contribution in [0.5, 0.6) is 0 Å². The van der Waals surface area contributed by atoms with E-state index < -0.39 is 16.5 Å². The van der Waals surface area contributed by atoms with Crippen LogP contribution in [-0.2, 0) is 35.2 Å². The third kappa shape index (κ3) is 36.3. The summed E-state index contributed by atoms with van der Waals surface area (Å²) in [5.74, 6) is 0. The predicted molar refractivity (Wildman–Crippen MR) is 98.3 cm³/mol. The Kier molecular flexibility index (Phi) is 32.5. The third-order valence-corrected chi connectivity index (χ3v) is 4.21.